The summed E-state index contributed by atoms with van der Waals surface area (Å²) in [6.07, 6.45) is 17.1. The average molecular weight is 369 g/mol. The first kappa shape index (κ1) is 21.7. The Balaban J connectivity index is 1.64. The van der Waals surface area contributed by atoms with Gasteiger partial charge in [0.2, 0.25) is 0 Å². The molecule has 0 saturated carbocycles. The lowest BCUT2D eigenvalue weighted by atomic mass is 10.0. The zero-order chi connectivity index (χ0) is 18.5. The summed E-state index contributed by atoms with van der Waals surface area (Å²) >= 11 is 0. The van der Waals surface area contributed by atoms with E-state index in [-0.39, 0.29) is 12.1 Å². The summed E-state index contributed by atoms with van der Waals surface area (Å²) in [6.45, 7) is 4.01. The van der Waals surface area contributed by atoms with Gasteiger partial charge in [-0.05, 0) is 57.8 Å². The molecule has 0 aromatic carbocycles. The fraction of sp³-hybridized carbons (Fsp3) is 0.955. The fourth-order valence-electron chi connectivity index (χ4n) is 4.04. The Morgan fingerprint density at radius 2 is 1.50 bits per heavy atom. The molecule has 0 aromatic rings. The summed E-state index contributed by atoms with van der Waals surface area (Å²) in [5.74, 6) is -0.00910. The molecule has 2 aliphatic heterocycles. The quantitative estimate of drug-likeness (QED) is 0.297. The predicted molar refractivity (Wildman–Crippen MR) is 104 cm³/mol. The van der Waals surface area contributed by atoms with E-state index in [2.05, 4.69) is 6.92 Å². The molecule has 2 rings (SSSR count). The van der Waals surface area contributed by atoms with Crippen molar-refractivity contribution >= 4 is 5.97 Å². The number of carbonyl (C=O) groups excluding carboxylic acids is 1. The van der Waals surface area contributed by atoms with Crippen LogP contribution in [-0.2, 0) is 19.0 Å². The molecule has 0 unspecified atom stereocenters. The van der Waals surface area contributed by atoms with Crippen molar-refractivity contribution in [3.63, 3.8) is 0 Å². The Labute approximate surface area is 160 Å². The molecule has 2 aliphatic rings. The Kier molecular flexibility index (Phi) is 11.3. The third kappa shape index (κ3) is 9.36. The molecule has 0 aromatic heterocycles. The number of carbonyl (C=O) groups is 1. The maximum Gasteiger partial charge on any atom is 0.306 e. The maximum absolute atomic E-state index is 12.2. The summed E-state index contributed by atoms with van der Waals surface area (Å²) in [4.78, 5) is 12.2. The van der Waals surface area contributed by atoms with Gasteiger partial charge in [0.15, 0.2) is 0 Å². The summed E-state index contributed by atoms with van der Waals surface area (Å²) in [7, 11) is 0. The number of esters is 1. The SMILES string of the molecule is CCCCCCCCC(=O)OC(CC[C@H]1CCCO1)CC[C@H]1CCCO1. The first-order valence-electron chi connectivity index (χ1n) is 11.2. The van der Waals surface area contributed by atoms with Gasteiger partial charge in [-0.15, -0.1) is 0 Å². The van der Waals surface area contributed by atoms with Crippen LogP contribution in [0.1, 0.15) is 103 Å². The minimum Gasteiger partial charge on any atom is -0.462 e. The van der Waals surface area contributed by atoms with Crippen molar-refractivity contribution in [2.24, 2.45) is 0 Å². The number of rotatable bonds is 14. The maximum atomic E-state index is 12.2. The molecule has 4 nitrogen and oxygen atoms in total. The van der Waals surface area contributed by atoms with Crippen molar-refractivity contribution in [3.05, 3.63) is 0 Å². The van der Waals surface area contributed by atoms with Gasteiger partial charge in [-0.2, -0.15) is 0 Å². The third-order valence-electron chi connectivity index (χ3n) is 5.70. The van der Waals surface area contributed by atoms with E-state index in [1.807, 2.05) is 0 Å². The Morgan fingerprint density at radius 3 is 2.04 bits per heavy atom. The van der Waals surface area contributed by atoms with E-state index in [0.717, 1.165) is 64.6 Å². The highest BCUT2D eigenvalue weighted by atomic mass is 16.5. The molecule has 2 saturated heterocycles. The lowest BCUT2D eigenvalue weighted by molar-refractivity contribution is -0.150. The summed E-state index contributed by atoms with van der Waals surface area (Å²) < 4.78 is 17.3. The first-order valence-corrected chi connectivity index (χ1v) is 11.2. The van der Waals surface area contributed by atoms with Crippen molar-refractivity contribution in [3.8, 4) is 0 Å². The largest absolute Gasteiger partial charge is 0.462 e. The lowest BCUT2D eigenvalue weighted by Crippen LogP contribution is -2.22. The van der Waals surface area contributed by atoms with E-state index in [1.165, 1.54) is 38.5 Å². The van der Waals surface area contributed by atoms with E-state index in [4.69, 9.17) is 14.2 Å². The third-order valence-corrected chi connectivity index (χ3v) is 5.70. The summed E-state index contributed by atoms with van der Waals surface area (Å²) in [6, 6.07) is 0. The van der Waals surface area contributed by atoms with Gasteiger partial charge >= 0.3 is 5.97 Å². The van der Waals surface area contributed by atoms with Crippen LogP contribution in [0, 0.1) is 0 Å². The van der Waals surface area contributed by atoms with Crippen LogP contribution < -0.4 is 0 Å². The minimum atomic E-state index is -0.00910. The number of hydrogen-bond acceptors (Lipinski definition) is 4. The normalized spacial score (nSPS) is 23.0. The molecule has 0 N–H and O–H groups in total. The Hall–Kier alpha value is -0.610. The molecule has 26 heavy (non-hydrogen) atoms. The van der Waals surface area contributed by atoms with Gasteiger partial charge in [-0.25, -0.2) is 0 Å². The number of unbranched alkanes of at least 4 members (excludes halogenated alkanes) is 5. The van der Waals surface area contributed by atoms with Gasteiger partial charge in [0.1, 0.15) is 6.10 Å². The van der Waals surface area contributed by atoms with Crippen LogP contribution >= 0.6 is 0 Å². The molecule has 0 spiro atoms. The molecule has 2 atom stereocenters. The van der Waals surface area contributed by atoms with Crippen LogP contribution in [0.25, 0.3) is 0 Å². The highest BCUT2D eigenvalue weighted by Crippen LogP contribution is 2.24. The van der Waals surface area contributed by atoms with Crippen LogP contribution in [0.5, 0.6) is 0 Å². The Morgan fingerprint density at radius 1 is 0.923 bits per heavy atom. The van der Waals surface area contributed by atoms with Crippen molar-refractivity contribution < 1.29 is 19.0 Å². The number of hydrogen-bond donors (Lipinski definition) is 0. The molecular weight excluding hydrogens is 328 g/mol. The lowest BCUT2D eigenvalue weighted by Gasteiger charge is -2.21. The molecule has 0 aliphatic carbocycles. The number of ether oxygens (including phenoxy) is 3. The molecule has 2 fully saturated rings. The van der Waals surface area contributed by atoms with Gasteiger partial charge < -0.3 is 14.2 Å². The van der Waals surface area contributed by atoms with Gasteiger partial charge in [-0.3, -0.25) is 4.79 Å². The average Bonchev–Trinajstić information content (AvgIpc) is 3.34. The van der Waals surface area contributed by atoms with Crippen LogP contribution in [0.4, 0.5) is 0 Å². The van der Waals surface area contributed by atoms with E-state index in [1.54, 1.807) is 0 Å². The molecule has 0 bridgehead atoms. The summed E-state index contributed by atoms with van der Waals surface area (Å²) in [5, 5.41) is 0. The highest BCUT2D eigenvalue weighted by molar-refractivity contribution is 5.69. The monoisotopic (exact) mass is 368 g/mol. The predicted octanol–water partition coefficient (Wildman–Crippen LogP) is 5.57. The van der Waals surface area contributed by atoms with Gasteiger partial charge in [0.05, 0.1) is 12.2 Å². The van der Waals surface area contributed by atoms with Gasteiger partial charge in [-0.1, -0.05) is 39.0 Å². The van der Waals surface area contributed by atoms with E-state index >= 15 is 0 Å². The van der Waals surface area contributed by atoms with Crippen LogP contribution in [0.3, 0.4) is 0 Å². The Bertz CT molecular complexity index is 339. The standard InChI is InChI=1S/C22H40O4/c1-2-3-4-5-6-7-12-22(23)26-21(15-13-19-10-8-17-24-19)16-14-20-11-9-18-25-20/h19-21H,2-18H2,1H3/t19-,20-/m1/s1. The molecule has 4 heteroatoms. The zero-order valence-corrected chi connectivity index (χ0v) is 16.9. The molecule has 0 amide bonds. The van der Waals surface area contributed by atoms with E-state index in [0.29, 0.717) is 18.6 Å². The van der Waals surface area contributed by atoms with E-state index < -0.39 is 0 Å². The van der Waals surface area contributed by atoms with Crippen molar-refractivity contribution in [1.29, 1.82) is 0 Å². The topological polar surface area (TPSA) is 44.8 Å². The van der Waals surface area contributed by atoms with Crippen LogP contribution in [0.15, 0.2) is 0 Å². The first-order chi connectivity index (χ1) is 12.8. The molecule has 2 heterocycles. The highest BCUT2D eigenvalue weighted by Gasteiger charge is 2.23. The second-order valence-corrected chi connectivity index (χ2v) is 8.05. The zero-order valence-electron chi connectivity index (χ0n) is 16.9. The minimum absolute atomic E-state index is 0.00910. The molecule has 0 radical (unpaired) electrons. The smallest absolute Gasteiger partial charge is 0.306 e. The molecular formula is C22H40O4. The van der Waals surface area contributed by atoms with Crippen molar-refractivity contribution in [1.82, 2.24) is 0 Å². The van der Waals surface area contributed by atoms with Crippen molar-refractivity contribution in [2.75, 3.05) is 13.2 Å². The summed E-state index contributed by atoms with van der Waals surface area (Å²) in [5.41, 5.74) is 0. The molecule has 152 valence electrons. The van der Waals surface area contributed by atoms with Gasteiger partial charge in [0, 0.05) is 19.6 Å². The van der Waals surface area contributed by atoms with Crippen LogP contribution in [-0.4, -0.2) is 37.5 Å². The second kappa shape index (κ2) is 13.5. The van der Waals surface area contributed by atoms with Crippen LogP contribution in [0.2, 0.25) is 0 Å². The van der Waals surface area contributed by atoms with E-state index in [9.17, 15) is 4.79 Å². The second-order valence-electron chi connectivity index (χ2n) is 8.05. The fourth-order valence-corrected chi connectivity index (χ4v) is 4.04. The van der Waals surface area contributed by atoms with Crippen molar-refractivity contribution in [2.45, 2.75) is 122 Å². The van der Waals surface area contributed by atoms with Gasteiger partial charge in [0.25, 0.3) is 0 Å².